The number of anilines is 1. The lowest BCUT2D eigenvalue weighted by molar-refractivity contribution is -0.119. The van der Waals surface area contributed by atoms with Crippen LogP contribution in [0.25, 0.3) is 10.8 Å². The van der Waals surface area contributed by atoms with Crippen molar-refractivity contribution in [2.75, 3.05) is 18.5 Å². The molecular weight excluding hydrogens is 345 g/mol. The van der Waals surface area contributed by atoms with Gasteiger partial charge in [0.25, 0.3) is 5.91 Å². The second kappa shape index (κ2) is 8.80. The first-order valence-electron chi connectivity index (χ1n) is 8.63. The molecule has 138 valence electrons. The molecule has 5 nitrogen and oxygen atoms in total. The Bertz CT molecular complexity index is 955. The molecule has 3 aromatic rings. The number of hydrazone groups is 1. The second-order valence-corrected chi connectivity index (χ2v) is 5.79. The third-order valence-electron chi connectivity index (χ3n) is 3.91. The first-order chi connectivity index (χ1) is 13.2. The maximum Gasteiger partial charge on any atom is 0.259 e. The highest BCUT2D eigenvalue weighted by Gasteiger charge is 2.07. The van der Waals surface area contributed by atoms with Crippen molar-refractivity contribution in [3.8, 4) is 5.75 Å². The lowest BCUT2D eigenvalue weighted by Crippen LogP contribution is -2.25. The number of amides is 1. The summed E-state index contributed by atoms with van der Waals surface area (Å²) in [6.45, 7) is 2.48. The van der Waals surface area contributed by atoms with Crippen LogP contribution in [0.1, 0.15) is 12.5 Å². The molecule has 3 aromatic carbocycles. The summed E-state index contributed by atoms with van der Waals surface area (Å²) in [5, 5.41) is 9.01. The minimum Gasteiger partial charge on any atom is -0.493 e. The molecule has 0 aliphatic heterocycles. The summed E-state index contributed by atoms with van der Waals surface area (Å²) in [4.78, 5) is 12.0. The summed E-state index contributed by atoms with van der Waals surface area (Å²) in [6.07, 6.45) is 1.59. The van der Waals surface area contributed by atoms with Crippen molar-refractivity contribution in [3.63, 3.8) is 0 Å². The topological polar surface area (TPSA) is 62.7 Å². The van der Waals surface area contributed by atoms with Gasteiger partial charge < -0.3 is 10.1 Å². The van der Waals surface area contributed by atoms with Crippen LogP contribution in [-0.2, 0) is 4.79 Å². The van der Waals surface area contributed by atoms with Crippen LogP contribution >= 0.6 is 0 Å². The molecule has 6 heteroatoms. The highest BCUT2D eigenvalue weighted by Crippen LogP contribution is 2.26. The normalized spacial score (nSPS) is 10.9. The standard InChI is InChI=1S/C21H20FN3O2/c1-2-27-20-12-7-15-5-3-4-6-18(15)19(20)13-24-25-21(26)14-23-17-10-8-16(22)9-11-17/h3-13,23H,2,14H2,1H3,(H,25,26)/b24-13-. The summed E-state index contributed by atoms with van der Waals surface area (Å²) >= 11 is 0. The zero-order valence-electron chi connectivity index (χ0n) is 14.9. The monoisotopic (exact) mass is 365 g/mol. The van der Waals surface area contributed by atoms with Gasteiger partial charge in [0.15, 0.2) is 0 Å². The van der Waals surface area contributed by atoms with E-state index in [4.69, 9.17) is 4.74 Å². The largest absolute Gasteiger partial charge is 0.493 e. The zero-order chi connectivity index (χ0) is 19.1. The Morgan fingerprint density at radius 2 is 1.89 bits per heavy atom. The van der Waals surface area contributed by atoms with Gasteiger partial charge in [-0.05, 0) is 48.0 Å². The molecule has 2 N–H and O–H groups in total. The summed E-state index contributed by atoms with van der Waals surface area (Å²) in [5.41, 5.74) is 3.95. The van der Waals surface area contributed by atoms with E-state index >= 15 is 0 Å². The van der Waals surface area contributed by atoms with E-state index in [9.17, 15) is 9.18 Å². The number of ether oxygens (including phenoxy) is 1. The number of hydrogen-bond acceptors (Lipinski definition) is 4. The molecule has 1 amide bonds. The van der Waals surface area contributed by atoms with Crippen molar-refractivity contribution in [2.24, 2.45) is 5.10 Å². The smallest absolute Gasteiger partial charge is 0.259 e. The van der Waals surface area contributed by atoms with E-state index in [0.717, 1.165) is 16.3 Å². The Labute approximate surface area is 156 Å². The molecule has 0 radical (unpaired) electrons. The van der Waals surface area contributed by atoms with E-state index in [2.05, 4.69) is 15.8 Å². The van der Waals surface area contributed by atoms with E-state index in [1.165, 1.54) is 12.1 Å². The number of hydrogen-bond donors (Lipinski definition) is 2. The van der Waals surface area contributed by atoms with Crippen molar-refractivity contribution in [2.45, 2.75) is 6.92 Å². The molecule has 0 fully saturated rings. The van der Waals surface area contributed by atoms with E-state index in [1.54, 1.807) is 18.3 Å². The van der Waals surface area contributed by atoms with Gasteiger partial charge in [0.2, 0.25) is 0 Å². The first kappa shape index (κ1) is 18.4. The van der Waals surface area contributed by atoms with Gasteiger partial charge in [-0.1, -0.05) is 30.3 Å². The molecule has 27 heavy (non-hydrogen) atoms. The fourth-order valence-electron chi connectivity index (χ4n) is 2.65. The van der Waals surface area contributed by atoms with E-state index in [1.807, 2.05) is 43.3 Å². The predicted molar refractivity (Wildman–Crippen MR) is 106 cm³/mol. The van der Waals surface area contributed by atoms with E-state index < -0.39 is 0 Å². The van der Waals surface area contributed by atoms with Crippen molar-refractivity contribution >= 4 is 28.6 Å². The second-order valence-electron chi connectivity index (χ2n) is 5.79. The molecule has 0 bridgehead atoms. The molecule has 0 heterocycles. The number of nitrogens with zero attached hydrogens (tertiary/aromatic N) is 1. The average Bonchev–Trinajstić information content (AvgIpc) is 2.69. The van der Waals surface area contributed by atoms with Gasteiger partial charge >= 0.3 is 0 Å². The summed E-state index contributed by atoms with van der Waals surface area (Å²) < 4.78 is 18.5. The van der Waals surface area contributed by atoms with Gasteiger partial charge in [-0.2, -0.15) is 5.10 Å². The van der Waals surface area contributed by atoms with Crippen LogP contribution in [0, 0.1) is 5.82 Å². The maximum atomic E-state index is 12.9. The van der Waals surface area contributed by atoms with Crippen molar-refractivity contribution in [1.29, 1.82) is 0 Å². The van der Waals surface area contributed by atoms with Crippen molar-refractivity contribution in [3.05, 3.63) is 72.0 Å². The van der Waals surface area contributed by atoms with Gasteiger partial charge in [-0.3, -0.25) is 4.79 Å². The number of carbonyl (C=O) groups is 1. The third kappa shape index (κ3) is 4.82. The van der Waals surface area contributed by atoms with Gasteiger partial charge in [0.1, 0.15) is 11.6 Å². The van der Waals surface area contributed by atoms with Crippen LogP contribution in [-0.4, -0.2) is 25.3 Å². The molecular formula is C21H20FN3O2. The van der Waals surface area contributed by atoms with Crippen LogP contribution in [0.4, 0.5) is 10.1 Å². The number of nitrogens with one attached hydrogen (secondary N) is 2. The van der Waals surface area contributed by atoms with Crippen molar-refractivity contribution < 1.29 is 13.9 Å². The van der Waals surface area contributed by atoms with Gasteiger partial charge in [0.05, 0.1) is 19.4 Å². The summed E-state index contributed by atoms with van der Waals surface area (Å²) in [6, 6.07) is 17.6. The van der Waals surface area contributed by atoms with Crippen LogP contribution < -0.4 is 15.5 Å². The SMILES string of the molecule is CCOc1ccc2ccccc2c1/C=N\NC(=O)CNc1ccc(F)cc1. The van der Waals surface area contributed by atoms with E-state index in [-0.39, 0.29) is 18.3 Å². The number of rotatable bonds is 7. The predicted octanol–water partition coefficient (Wildman–Crippen LogP) is 3.94. The summed E-state index contributed by atoms with van der Waals surface area (Å²) in [5.74, 6) is 0.0715. The maximum absolute atomic E-state index is 12.9. The Morgan fingerprint density at radius 3 is 2.67 bits per heavy atom. The molecule has 0 aromatic heterocycles. The lowest BCUT2D eigenvalue weighted by atomic mass is 10.0. The van der Waals surface area contributed by atoms with Crippen LogP contribution in [0.3, 0.4) is 0 Å². The molecule has 0 unspecified atom stereocenters. The van der Waals surface area contributed by atoms with Crippen LogP contribution in [0.2, 0.25) is 0 Å². The third-order valence-corrected chi connectivity index (χ3v) is 3.91. The van der Waals surface area contributed by atoms with Crippen LogP contribution in [0.15, 0.2) is 65.8 Å². The first-order valence-corrected chi connectivity index (χ1v) is 8.63. The Hall–Kier alpha value is -3.41. The molecule has 0 aliphatic rings. The highest BCUT2D eigenvalue weighted by atomic mass is 19.1. The number of carbonyl (C=O) groups excluding carboxylic acids is 1. The van der Waals surface area contributed by atoms with Crippen LogP contribution in [0.5, 0.6) is 5.75 Å². The fourth-order valence-corrected chi connectivity index (χ4v) is 2.65. The van der Waals surface area contributed by atoms with Crippen molar-refractivity contribution in [1.82, 2.24) is 5.43 Å². The molecule has 0 aliphatic carbocycles. The Morgan fingerprint density at radius 1 is 1.11 bits per heavy atom. The van der Waals surface area contributed by atoms with Gasteiger partial charge in [-0.25, -0.2) is 9.82 Å². The zero-order valence-corrected chi connectivity index (χ0v) is 14.9. The molecule has 3 rings (SSSR count). The molecule has 0 saturated carbocycles. The molecule has 0 spiro atoms. The minimum absolute atomic E-state index is 0.0246. The number of fused-ring (bicyclic) bond motifs is 1. The Balaban J connectivity index is 1.67. The summed E-state index contributed by atoms with van der Waals surface area (Å²) in [7, 11) is 0. The quantitative estimate of drug-likeness (QED) is 0.492. The molecule has 0 saturated heterocycles. The number of benzene rings is 3. The fraction of sp³-hybridized carbons (Fsp3) is 0.143. The van der Waals surface area contributed by atoms with Gasteiger partial charge in [0, 0.05) is 11.3 Å². The lowest BCUT2D eigenvalue weighted by Gasteiger charge is -2.10. The van der Waals surface area contributed by atoms with Gasteiger partial charge in [-0.15, -0.1) is 0 Å². The highest BCUT2D eigenvalue weighted by molar-refractivity contribution is 6.02. The average molecular weight is 365 g/mol. The Kier molecular flexibility index (Phi) is 5.99. The number of halogens is 1. The van der Waals surface area contributed by atoms with E-state index in [0.29, 0.717) is 18.0 Å². The molecule has 0 atom stereocenters. The minimum atomic E-state index is -0.324.